The summed E-state index contributed by atoms with van der Waals surface area (Å²) >= 11 is 0. The Morgan fingerprint density at radius 3 is 2.27 bits per heavy atom. The van der Waals surface area contributed by atoms with Gasteiger partial charge in [-0.2, -0.15) is 0 Å². The second-order valence-electron chi connectivity index (χ2n) is 3.34. The zero-order chi connectivity index (χ0) is 8.69. The third-order valence-electron chi connectivity index (χ3n) is 2.40. The SMILES string of the molecule is CCC[SiH](NCC)C(C)CC. The average Bonchev–Trinajstić information content (AvgIpc) is 2.03. The van der Waals surface area contributed by atoms with E-state index in [1.54, 1.807) is 0 Å². The molecule has 0 aliphatic carbocycles. The second kappa shape index (κ2) is 6.86. The van der Waals surface area contributed by atoms with Crippen LogP contribution >= 0.6 is 0 Å². The summed E-state index contributed by atoms with van der Waals surface area (Å²) in [5, 5.41) is 0. The van der Waals surface area contributed by atoms with E-state index in [1.165, 1.54) is 25.4 Å². The van der Waals surface area contributed by atoms with E-state index < -0.39 is 8.96 Å². The van der Waals surface area contributed by atoms with E-state index in [0.717, 1.165) is 5.54 Å². The van der Waals surface area contributed by atoms with Gasteiger partial charge < -0.3 is 4.98 Å². The molecule has 11 heavy (non-hydrogen) atoms. The predicted molar refractivity (Wildman–Crippen MR) is 55.6 cm³/mol. The summed E-state index contributed by atoms with van der Waals surface area (Å²) in [7, 11) is -0.578. The lowest BCUT2D eigenvalue weighted by atomic mass is 10.4. The van der Waals surface area contributed by atoms with Crippen LogP contribution < -0.4 is 4.98 Å². The molecule has 0 aliphatic rings. The molecule has 0 aromatic carbocycles. The Morgan fingerprint density at radius 2 is 1.91 bits per heavy atom. The number of hydrogen-bond acceptors (Lipinski definition) is 1. The van der Waals surface area contributed by atoms with Crippen LogP contribution in [0.2, 0.25) is 11.6 Å². The van der Waals surface area contributed by atoms with E-state index in [2.05, 4.69) is 32.7 Å². The third kappa shape index (κ3) is 4.59. The summed E-state index contributed by atoms with van der Waals surface area (Å²) in [4.78, 5) is 3.67. The van der Waals surface area contributed by atoms with Crippen LogP contribution in [0.5, 0.6) is 0 Å². The lowest BCUT2D eigenvalue weighted by Gasteiger charge is -2.21. The molecule has 0 aromatic rings. The fourth-order valence-electron chi connectivity index (χ4n) is 1.45. The fourth-order valence-corrected chi connectivity index (χ4v) is 4.34. The number of nitrogens with one attached hydrogen (secondary N) is 1. The molecule has 68 valence electrons. The maximum absolute atomic E-state index is 3.67. The average molecular weight is 173 g/mol. The molecule has 0 heterocycles. The molecule has 0 fully saturated rings. The van der Waals surface area contributed by atoms with Crippen molar-refractivity contribution in [3.05, 3.63) is 0 Å². The summed E-state index contributed by atoms with van der Waals surface area (Å²) < 4.78 is 0. The molecule has 0 aromatic heterocycles. The van der Waals surface area contributed by atoms with Crippen molar-refractivity contribution >= 4 is 8.96 Å². The Morgan fingerprint density at radius 1 is 1.27 bits per heavy atom. The van der Waals surface area contributed by atoms with Crippen molar-refractivity contribution in [1.82, 2.24) is 4.98 Å². The fraction of sp³-hybridized carbons (Fsp3) is 1.00. The Labute approximate surface area is 73.3 Å². The molecular formula is C9H23NSi. The van der Waals surface area contributed by atoms with Gasteiger partial charge in [0.25, 0.3) is 0 Å². The molecule has 1 N–H and O–H groups in total. The highest BCUT2D eigenvalue weighted by Gasteiger charge is 2.14. The Hall–Kier alpha value is 0.177. The van der Waals surface area contributed by atoms with Crippen molar-refractivity contribution in [2.24, 2.45) is 0 Å². The van der Waals surface area contributed by atoms with E-state index in [9.17, 15) is 0 Å². The van der Waals surface area contributed by atoms with Crippen LogP contribution in [0.4, 0.5) is 0 Å². The molecule has 2 atom stereocenters. The van der Waals surface area contributed by atoms with E-state index in [-0.39, 0.29) is 0 Å². The largest absolute Gasteiger partial charge is 0.340 e. The van der Waals surface area contributed by atoms with Crippen molar-refractivity contribution < 1.29 is 0 Å². The lowest BCUT2D eigenvalue weighted by molar-refractivity contribution is 0.799. The molecule has 0 amide bonds. The Balaban J connectivity index is 3.66. The van der Waals surface area contributed by atoms with E-state index in [0.29, 0.717) is 0 Å². The smallest absolute Gasteiger partial charge is 0.111 e. The minimum atomic E-state index is -0.578. The normalized spacial score (nSPS) is 16.4. The van der Waals surface area contributed by atoms with Gasteiger partial charge in [-0.05, 0) is 18.1 Å². The number of rotatable bonds is 6. The van der Waals surface area contributed by atoms with Gasteiger partial charge in [0, 0.05) is 0 Å². The van der Waals surface area contributed by atoms with Crippen molar-refractivity contribution in [2.45, 2.75) is 52.1 Å². The van der Waals surface area contributed by atoms with Crippen molar-refractivity contribution in [1.29, 1.82) is 0 Å². The van der Waals surface area contributed by atoms with Gasteiger partial charge in [-0.3, -0.25) is 0 Å². The van der Waals surface area contributed by atoms with Gasteiger partial charge >= 0.3 is 0 Å². The number of hydrogen-bond donors (Lipinski definition) is 1. The Bertz CT molecular complexity index is 79.6. The first-order chi connectivity index (χ1) is 5.26. The molecule has 0 spiro atoms. The van der Waals surface area contributed by atoms with Crippen LogP contribution in [0, 0.1) is 0 Å². The van der Waals surface area contributed by atoms with Gasteiger partial charge in [-0.15, -0.1) is 0 Å². The standard InChI is InChI=1S/C9H23NSi/c1-5-8-11(10-7-3)9(4)6-2/h9-11H,5-8H2,1-4H3. The summed E-state index contributed by atoms with van der Waals surface area (Å²) in [6.07, 6.45) is 2.71. The van der Waals surface area contributed by atoms with Gasteiger partial charge in [0.2, 0.25) is 0 Å². The maximum atomic E-state index is 3.67. The molecule has 0 saturated heterocycles. The highest BCUT2D eigenvalue weighted by molar-refractivity contribution is 6.57. The quantitative estimate of drug-likeness (QED) is 0.609. The zero-order valence-electron chi connectivity index (χ0n) is 8.48. The summed E-state index contributed by atoms with van der Waals surface area (Å²) in [5.41, 5.74) is 0.967. The van der Waals surface area contributed by atoms with Crippen LogP contribution in [-0.2, 0) is 0 Å². The van der Waals surface area contributed by atoms with Gasteiger partial charge in [-0.25, -0.2) is 0 Å². The van der Waals surface area contributed by atoms with Gasteiger partial charge in [0.15, 0.2) is 0 Å². The molecule has 2 heteroatoms. The summed E-state index contributed by atoms with van der Waals surface area (Å²) in [5.74, 6) is 0. The van der Waals surface area contributed by atoms with Crippen LogP contribution in [0.1, 0.15) is 40.5 Å². The predicted octanol–water partition coefficient (Wildman–Crippen LogP) is 2.53. The zero-order valence-corrected chi connectivity index (χ0v) is 9.64. The first kappa shape index (κ1) is 11.2. The van der Waals surface area contributed by atoms with Crippen molar-refractivity contribution in [3.63, 3.8) is 0 Å². The first-order valence-corrected chi connectivity index (χ1v) is 7.05. The molecule has 1 nitrogen and oxygen atoms in total. The minimum Gasteiger partial charge on any atom is -0.340 e. The van der Waals surface area contributed by atoms with Crippen molar-refractivity contribution in [3.8, 4) is 0 Å². The molecule has 0 bridgehead atoms. The molecule has 0 rings (SSSR count). The van der Waals surface area contributed by atoms with Crippen molar-refractivity contribution in [2.75, 3.05) is 6.54 Å². The highest BCUT2D eigenvalue weighted by atomic mass is 28.3. The van der Waals surface area contributed by atoms with E-state index >= 15 is 0 Å². The Kier molecular flexibility index (Phi) is 6.97. The van der Waals surface area contributed by atoms with E-state index in [1.807, 2.05) is 0 Å². The van der Waals surface area contributed by atoms with Crippen LogP contribution in [0.3, 0.4) is 0 Å². The first-order valence-electron chi connectivity index (χ1n) is 4.99. The van der Waals surface area contributed by atoms with Crippen LogP contribution in [0.25, 0.3) is 0 Å². The molecule has 0 saturated carbocycles. The maximum Gasteiger partial charge on any atom is 0.111 e. The monoisotopic (exact) mass is 173 g/mol. The van der Waals surface area contributed by atoms with E-state index in [4.69, 9.17) is 0 Å². The van der Waals surface area contributed by atoms with Gasteiger partial charge in [0.1, 0.15) is 8.96 Å². The molecule has 0 radical (unpaired) electrons. The van der Waals surface area contributed by atoms with Gasteiger partial charge in [-0.1, -0.05) is 40.5 Å². The highest BCUT2D eigenvalue weighted by Crippen LogP contribution is 2.15. The molecule has 2 unspecified atom stereocenters. The summed E-state index contributed by atoms with van der Waals surface area (Å²) in [6, 6.07) is 1.46. The topological polar surface area (TPSA) is 12.0 Å². The minimum absolute atomic E-state index is 0.578. The van der Waals surface area contributed by atoms with Gasteiger partial charge in [0.05, 0.1) is 0 Å². The third-order valence-corrected chi connectivity index (χ3v) is 6.37. The molecular weight excluding hydrogens is 150 g/mol. The second-order valence-corrected chi connectivity index (χ2v) is 6.68. The molecule has 0 aliphatic heterocycles. The summed E-state index contributed by atoms with van der Waals surface area (Å²) in [6.45, 7) is 10.4. The van der Waals surface area contributed by atoms with Crippen LogP contribution in [-0.4, -0.2) is 15.5 Å². The van der Waals surface area contributed by atoms with Crippen LogP contribution in [0.15, 0.2) is 0 Å². The lowest BCUT2D eigenvalue weighted by Crippen LogP contribution is -2.36.